The van der Waals surface area contributed by atoms with Gasteiger partial charge in [-0.15, -0.1) is 0 Å². The number of pyridine rings is 1. The zero-order valence-electron chi connectivity index (χ0n) is 23.6. The van der Waals surface area contributed by atoms with Crippen molar-refractivity contribution < 1.29 is 24.2 Å². The Balaban J connectivity index is 1.65. The number of nitrogens with zero attached hydrogens (tertiary/aromatic N) is 3. The molecule has 2 aromatic carbocycles. The van der Waals surface area contributed by atoms with Crippen LogP contribution in [0.3, 0.4) is 0 Å². The van der Waals surface area contributed by atoms with Gasteiger partial charge in [0.05, 0.1) is 36.1 Å². The van der Waals surface area contributed by atoms with E-state index in [1.165, 1.54) is 14.2 Å². The predicted octanol–water partition coefficient (Wildman–Crippen LogP) is 4.96. The number of amides is 1. The van der Waals surface area contributed by atoms with Crippen LogP contribution in [-0.2, 0) is 9.53 Å². The van der Waals surface area contributed by atoms with E-state index in [0.717, 1.165) is 34.0 Å². The van der Waals surface area contributed by atoms with Gasteiger partial charge in [0.25, 0.3) is 0 Å². The topological polar surface area (TPSA) is 118 Å². The second-order valence-corrected chi connectivity index (χ2v) is 10.3. The van der Waals surface area contributed by atoms with Gasteiger partial charge >= 0.3 is 5.97 Å². The summed E-state index contributed by atoms with van der Waals surface area (Å²) in [4.78, 5) is 30.7. The van der Waals surface area contributed by atoms with Gasteiger partial charge in [-0.1, -0.05) is 12.1 Å². The third-order valence-electron chi connectivity index (χ3n) is 7.25. The van der Waals surface area contributed by atoms with Crippen LogP contribution >= 0.6 is 12.2 Å². The van der Waals surface area contributed by atoms with Crippen molar-refractivity contribution in [2.45, 2.75) is 25.9 Å². The van der Waals surface area contributed by atoms with Crippen LogP contribution in [0.4, 0.5) is 11.4 Å². The molecule has 4 aromatic rings. The Morgan fingerprint density at radius 2 is 1.86 bits per heavy atom. The molecule has 5 rings (SSSR count). The van der Waals surface area contributed by atoms with Crippen LogP contribution in [0.1, 0.15) is 45.1 Å². The number of carboxylic acids is 1. The van der Waals surface area contributed by atoms with Gasteiger partial charge in [0, 0.05) is 36.1 Å². The van der Waals surface area contributed by atoms with Crippen molar-refractivity contribution in [1.29, 1.82) is 0 Å². The fourth-order valence-electron chi connectivity index (χ4n) is 5.47. The monoisotopic (exact) mass is 585 g/mol. The van der Waals surface area contributed by atoms with Crippen molar-refractivity contribution in [3.8, 4) is 11.4 Å². The highest BCUT2D eigenvalue weighted by Gasteiger charge is 2.42. The second-order valence-electron chi connectivity index (χ2n) is 9.88. The lowest BCUT2D eigenvalue weighted by Gasteiger charge is -2.29. The predicted molar refractivity (Wildman–Crippen MR) is 164 cm³/mol. The number of carbonyl (C=O) groups is 2. The van der Waals surface area contributed by atoms with Crippen LogP contribution in [0, 0.1) is 13.8 Å². The first-order chi connectivity index (χ1) is 20.2. The van der Waals surface area contributed by atoms with Crippen LogP contribution in [0.25, 0.3) is 5.69 Å². The summed E-state index contributed by atoms with van der Waals surface area (Å²) in [6.45, 7) is 3.90. The minimum absolute atomic E-state index is 0.101. The van der Waals surface area contributed by atoms with Gasteiger partial charge in [-0.25, -0.2) is 4.79 Å². The second kappa shape index (κ2) is 12.0. The minimum Gasteiger partial charge on any atom is -0.495 e. The molecule has 0 radical (unpaired) electrons. The molecule has 1 aliphatic heterocycles. The fraction of sp³-hybridized carbons (Fsp3) is 0.226. The molecule has 216 valence electrons. The number of anilines is 2. The van der Waals surface area contributed by atoms with Crippen molar-refractivity contribution in [2.75, 3.05) is 31.0 Å². The Kier molecular flexibility index (Phi) is 8.23. The third-order valence-corrected chi connectivity index (χ3v) is 7.56. The average molecular weight is 586 g/mol. The lowest BCUT2D eigenvalue weighted by atomic mass is 9.96. The minimum atomic E-state index is -0.987. The zero-order chi connectivity index (χ0) is 30.0. The molecule has 0 saturated carbocycles. The Labute approximate surface area is 248 Å². The molecule has 1 saturated heterocycles. The van der Waals surface area contributed by atoms with E-state index < -0.39 is 5.97 Å². The maximum atomic E-state index is 12.4. The van der Waals surface area contributed by atoms with Crippen LogP contribution < -0.4 is 20.3 Å². The lowest BCUT2D eigenvalue weighted by Crippen LogP contribution is -2.29. The average Bonchev–Trinajstić information content (AvgIpc) is 3.48. The molecule has 2 unspecified atom stereocenters. The van der Waals surface area contributed by atoms with Crippen molar-refractivity contribution in [2.24, 2.45) is 0 Å². The Morgan fingerprint density at radius 1 is 1.05 bits per heavy atom. The number of methoxy groups -OCH3 is 2. The highest BCUT2D eigenvalue weighted by molar-refractivity contribution is 7.80. The van der Waals surface area contributed by atoms with Gasteiger partial charge < -0.3 is 34.7 Å². The molecule has 2 atom stereocenters. The largest absolute Gasteiger partial charge is 0.495 e. The molecular formula is C31H31N5O5S. The molecule has 10 nitrogen and oxygen atoms in total. The molecule has 2 aromatic heterocycles. The summed E-state index contributed by atoms with van der Waals surface area (Å²) in [5.74, 6) is -0.806. The lowest BCUT2D eigenvalue weighted by molar-refractivity contribution is -0.119. The first kappa shape index (κ1) is 28.8. The molecule has 0 spiro atoms. The summed E-state index contributed by atoms with van der Waals surface area (Å²) in [6, 6.07) is 19.6. The van der Waals surface area contributed by atoms with Crippen LogP contribution in [0.15, 0.2) is 72.9 Å². The summed E-state index contributed by atoms with van der Waals surface area (Å²) in [6.07, 6.45) is 1.75. The van der Waals surface area contributed by atoms with Crippen molar-refractivity contribution in [3.63, 3.8) is 0 Å². The molecule has 0 aliphatic carbocycles. The number of benzene rings is 2. The number of ether oxygens (including phenoxy) is 2. The fourth-order valence-corrected chi connectivity index (χ4v) is 5.82. The SMILES string of the molecule is COCC(=O)Nc1cc(N2C(=S)NC(c3ccccn3)C2c2cc(C)n(-c3cccc(C(=O)O)c3)c2C)ccc1OC. The van der Waals surface area contributed by atoms with Crippen molar-refractivity contribution in [1.82, 2.24) is 14.9 Å². The number of nitrogens with one attached hydrogen (secondary N) is 2. The molecule has 0 bridgehead atoms. The third kappa shape index (κ3) is 5.44. The van der Waals surface area contributed by atoms with E-state index in [-0.39, 0.29) is 30.2 Å². The summed E-state index contributed by atoms with van der Waals surface area (Å²) in [5, 5.41) is 16.4. The number of thiocarbonyl (C=S) groups is 1. The number of aryl methyl sites for hydroxylation is 1. The van der Waals surface area contributed by atoms with E-state index >= 15 is 0 Å². The summed E-state index contributed by atoms with van der Waals surface area (Å²) < 4.78 is 12.5. The summed E-state index contributed by atoms with van der Waals surface area (Å²) in [5.41, 5.74) is 5.84. The molecule has 42 heavy (non-hydrogen) atoms. The highest BCUT2D eigenvalue weighted by atomic mass is 32.1. The van der Waals surface area contributed by atoms with Crippen molar-refractivity contribution >= 4 is 40.6 Å². The van der Waals surface area contributed by atoms with E-state index in [2.05, 4.69) is 21.7 Å². The number of aromatic carboxylic acids is 1. The first-order valence-corrected chi connectivity index (χ1v) is 13.6. The van der Waals surface area contributed by atoms with Gasteiger partial charge in [-0.05, 0) is 86.2 Å². The molecule has 1 amide bonds. The van der Waals surface area contributed by atoms with Crippen LogP contribution in [0.2, 0.25) is 0 Å². The molecule has 11 heteroatoms. The van der Waals surface area contributed by atoms with Gasteiger partial charge in [0.2, 0.25) is 5.91 Å². The maximum absolute atomic E-state index is 12.4. The number of carbonyl (C=O) groups excluding carboxylic acids is 1. The molecule has 3 N–H and O–H groups in total. The number of hydrogen-bond acceptors (Lipinski definition) is 6. The van der Waals surface area contributed by atoms with Gasteiger partial charge in [-0.3, -0.25) is 9.78 Å². The molecular weight excluding hydrogens is 554 g/mol. The van der Waals surface area contributed by atoms with Gasteiger partial charge in [0.1, 0.15) is 12.4 Å². The zero-order valence-corrected chi connectivity index (χ0v) is 24.4. The highest BCUT2D eigenvalue weighted by Crippen LogP contribution is 2.45. The van der Waals surface area contributed by atoms with Crippen LogP contribution in [0.5, 0.6) is 5.75 Å². The van der Waals surface area contributed by atoms with E-state index in [1.807, 2.05) is 59.7 Å². The van der Waals surface area contributed by atoms with Crippen molar-refractivity contribution in [3.05, 3.63) is 101 Å². The van der Waals surface area contributed by atoms with E-state index in [0.29, 0.717) is 16.5 Å². The number of rotatable bonds is 9. The molecule has 1 aliphatic rings. The Hall–Kier alpha value is -4.74. The van der Waals surface area contributed by atoms with Gasteiger partial charge in [-0.2, -0.15) is 0 Å². The van der Waals surface area contributed by atoms with Crippen LogP contribution in [-0.4, -0.2) is 52.5 Å². The van der Waals surface area contributed by atoms with Gasteiger partial charge in [0.15, 0.2) is 5.11 Å². The standard InChI is InChI=1S/C31H31N5O5S/c1-18-14-23(19(2)35(18)21-9-7-8-20(15-21)30(38)39)29-28(24-10-5-6-13-32-24)34-31(42)36(29)22-11-12-26(41-4)25(16-22)33-27(37)17-40-3/h5-16,28-29H,17H2,1-4H3,(H,33,37)(H,34,42)(H,38,39). The van der Waals surface area contributed by atoms with E-state index in [1.54, 1.807) is 30.5 Å². The number of carboxylic acid groups (broad SMARTS) is 1. The molecule has 1 fully saturated rings. The smallest absolute Gasteiger partial charge is 0.335 e. The summed E-state index contributed by atoms with van der Waals surface area (Å²) >= 11 is 5.91. The number of hydrogen-bond donors (Lipinski definition) is 3. The molecule has 3 heterocycles. The Bertz CT molecular complexity index is 1650. The number of aromatic nitrogens is 2. The van der Waals surface area contributed by atoms with E-state index in [4.69, 9.17) is 21.7 Å². The Morgan fingerprint density at radius 3 is 2.55 bits per heavy atom. The summed E-state index contributed by atoms with van der Waals surface area (Å²) in [7, 11) is 3.00. The first-order valence-electron chi connectivity index (χ1n) is 13.2. The van der Waals surface area contributed by atoms with E-state index in [9.17, 15) is 14.7 Å². The quantitative estimate of drug-likeness (QED) is 0.234. The normalized spacial score (nSPS) is 16.3. The maximum Gasteiger partial charge on any atom is 0.335 e.